The molecule has 0 aliphatic carbocycles. The molecular weight excluding hydrogens is 300 g/mol. The monoisotopic (exact) mass is 314 g/mol. The number of hydrogen-bond donors (Lipinski definition) is 0. The standard InChI is InChI=1S/2C10H7NO/c12-7-8-5-9-3-1-2-4-10(9)11-6-8;12-7-8-5-6-11-10-4-2-1-3-9(8)10/h2*1-7H. The molecular formula is C20H14N2O2. The molecule has 0 aliphatic rings. The highest BCUT2D eigenvalue weighted by Gasteiger charge is 1.97. The molecule has 0 radical (unpaired) electrons. The van der Waals surface area contributed by atoms with Gasteiger partial charge in [-0.25, -0.2) is 0 Å². The Labute approximate surface area is 138 Å². The number of carbonyl (C=O) groups excluding carboxylic acids is 2. The van der Waals surface area contributed by atoms with E-state index in [4.69, 9.17) is 0 Å². The van der Waals surface area contributed by atoms with Gasteiger partial charge in [0.05, 0.1) is 11.0 Å². The van der Waals surface area contributed by atoms with Crippen molar-refractivity contribution in [1.82, 2.24) is 9.97 Å². The summed E-state index contributed by atoms with van der Waals surface area (Å²) in [6.07, 6.45) is 4.88. The maximum Gasteiger partial charge on any atom is 0.151 e. The molecule has 2 aromatic carbocycles. The quantitative estimate of drug-likeness (QED) is 0.523. The van der Waals surface area contributed by atoms with E-state index in [0.29, 0.717) is 11.1 Å². The molecule has 4 heteroatoms. The van der Waals surface area contributed by atoms with Gasteiger partial charge in [0.1, 0.15) is 0 Å². The highest BCUT2D eigenvalue weighted by atomic mass is 16.1. The summed E-state index contributed by atoms with van der Waals surface area (Å²) >= 11 is 0. The smallest absolute Gasteiger partial charge is 0.151 e. The second-order valence-electron chi connectivity index (χ2n) is 5.11. The van der Waals surface area contributed by atoms with Gasteiger partial charge in [0.2, 0.25) is 0 Å². The third kappa shape index (κ3) is 3.33. The Morgan fingerprint density at radius 2 is 1.50 bits per heavy atom. The largest absolute Gasteiger partial charge is 0.298 e. The summed E-state index contributed by atoms with van der Waals surface area (Å²) in [5, 5.41) is 1.91. The van der Waals surface area contributed by atoms with Crippen LogP contribution >= 0.6 is 0 Å². The van der Waals surface area contributed by atoms with Gasteiger partial charge in [-0.05, 0) is 24.3 Å². The van der Waals surface area contributed by atoms with E-state index in [-0.39, 0.29) is 0 Å². The van der Waals surface area contributed by atoms with Gasteiger partial charge in [-0.2, -0.15) is 0 Å². The number of benzene rings is 2. The van der Waals surface area contributed by atoms with Crippen molar-refractivity contribution in [3.8, 4) is 0 Å². The minimum atomic E-state index is 0.619. The van der Waals surface area contributed by atoms with Gasteiger partial charge < -0.3 is 0 Å². The van der Waals surface area contributed by atoms with Crippen LogP contribution in [0.5, 0.6) is 0 Å². The van der Waals surface area contributed by atoms with E-state index in [2.05, 4.69) is 9.97 Å². The van der Waals surface area contributed by atoms with Crippen molar-refractivity contribution < 1.29 is 9.59 Å². The Morgan fingerprint density at radius 3 is 2.29 bits per heavy atom. The highest BCUT2D eigenvalue weighted by Crippen LogP contribution is 2.13. The van der Waals surface area contributed by atoms with Crippen LogP contribution < -0.4 is 0 Å². The predicted octanol–water partition coefficient (Wildman–Crippen LogP) is 4.09. The molecule has 0 saturated carbocycles. The van der Waals surface area contributed by atoms with Crippen LogP contribution in [0.3, 0.4) is 0 Å². The number of hydrogen-bond acceptors (Lipinski definition) is 4. The lowest BCUT2D eigenvalue weighted by Gasteiger charge is -1.97. The molecule has 0 unspecified atom stereocenters. The average Bonchev–Trinajstić information content (AvgIpc) is 2.67. The summed E-state index contributed by atoms with van der Waals surface area (Å²) in [6.45, 7) is 0. The number of nitrogens with zero attached hydrogens (tertiary/aromatic N) is 2. The van der Waals surface area contributed by atoms with Crippen LogP contribution in [-0.4, -0.2) is 22.5 Å². The molecule has 0 spiro atoms. The number of para-hydroxylation sites is 2. The molecule has 0 atom stereocenters. The molecule has 0 fully saturated rings. The summed E-state index contributed by atoms with van der Waals surface area (Å²) in [5.41, 5.74) is 3.10. The van der Waals surface area contributed by atoms with E-state index in [1.807, 2.05) is 54.6 Å². The summed E-state index contributed by atoms with van der Waals surface area (Å²) in [7, 11) is 0. The summed E-state index contributed by atoms with van der Waals surface area (Å²) in [5.74, 6) is 0. The van der Waals surface area contributed by atoms with Crippen molar-refractivity contribution in [2.75, 3.05) is 0 Å². The lowest BCUT2D eigenvalue weighted by molar-refractivity contribution is 0.111. The van der Waals surface area contributed by atoms with Crippen LogP contribution in [-0.2, 0) is 0 Å². The van der Waals surface area contributed by atoms with Crippen molar-refractivity contribution >= 4 is 34.4 Å². The van der Waals surface area contributed by atoms with E-state index >= 15 is 0 Å². The second-order valence-corrected chi connectivity index (χ2v) is 5.11. The first kappa shape index (κ1) is 15.5. The lowest BCUT2D eigenvalue weighted by atomic mass is 10.1. The van der Waals surface area contributed by atoms with Crippen LogP contribution in [0.15, 0.2) is 73.1 Å². The van der Waals surface area contributed by atoms with Gasteiger partial charge in [-0.1, -0.05) is 36.4 Å². The third-order valence-corrected chi connectivity index (χ3v) is 3.56. The van der Waals surface area contributed by atoms with E-state index in [1.54, 1.807) is 18.5 Å². The SMILES string of the molecule is O=Cc1ccnc2ccccc12.O=Cc1cnc2ccccc2c1. The van der Waals surface area contributed by atoms with Crippen LogP contribution in [0.4, 0.5) is 0 Å². The van der Waals surface area contributed by atoms with E-state index in [9.17, 15) is 9.59 Å². The minimum absolute atomic E-state index is 0.619. The number of aldehydes is 2. The first-order valence-corrected chi connectivity index (χ1v) is 7.41. The molecule has 0 bridgehead atoms. The number of aromatic nitrogens is 2. The number of pyridine rings is 2. The topological polar surface area (TPSA) is 59.9 Å². The van der Waals surface area contributed by atoms with Gasteiger partial charge in [0, 0.05) is 34.3 Å². The van der Waals surface area contributed by atoms with Crippen LogP contribution in [0, 0.1) is 0 Å². The van der Waals surface area contributed by atoms with Gasteiger partial charge >= 0.3 is 0 Å². The molecule has 24 heavy (non-hydrogen) atoms. The third-order valence-electron chi connectivity index (χ3n) is 3.56. The van der Waals surface area contributed by atoms with Crippen molar-refractivity contribution in [2.45, 2.75) is 0 Å². The van der Waals surface area contributed by atoms with Gasteiger partial charge in [-0.3, -0.25) is 19.6 Å². The molecule has 116 valence electrons. The van der Waals surface area contributed by atoms with Gasteiger partial charge in [-0.15, -0.1) is 0 Å². The first-order chi connectivity index (χ1) is 11.8. The molecule has 4 rings (SSSR count). The number of fused-ring (bicyclic) bond motifs is 2. The normalized spacial score (nSPS) is 10.0. The fourth-order valence-electron chi connectivity index (χ4n) is 2.37. The number of carbonyl (C=O) groups is 2. The minimum Gasteiger partial charge on any atom is -0.298 e. The van der Waals surface area contributed by atoms with Gasteiger partial charge in [0.15, 0.2) is 12.6 Å². The lowest BCUT2D eigenvalue weighted by Crippen LogP contribution is -1.84. The summed E-state index contributed by atoms with van der Waals surface area (Å²) < 4.78 is 0. The zero-order chi connectivity index (χ0) is 16.8. The van der Waals surface area contributed by atoms with Crippen LogP contribution in [0.2, 0.25) is 0 Å². The maximum atomic E-state index is 10.6. The maximum absolute atomic E-state index is 10.6. The molecule has 0 saturated heterocycles. The predicted molar refractivity (Wildman–Crippen MR) is 94.3 cm³/mol. The van der Waals surface area contributed by atoms with E-state index in [0.717, 1.165) is 34.4 Å². The van der Waals surface area contributed by atoms with Crippen molar-refractivity contribution in [2.24, 2.45) is 0 Å². The molecule has 2 aromatic heterocycles. The Balaban J connectivity index is 0.000000141. The fourth-order valence-corrected chi connectivity index (χ4v) is 2.37. The average molecular weight is 314 g/mol. The second kappa shape index (κ2) is 7.24. The Morgan fingerprint density at radius 1 is 0.750 bits per heavy atom. The molecule has 4 aromatic rings. The van der Waals surface area contributed by atoms with E-state index < -0.39 is 0 Å². The van der Waals surface area contributed by atoms with E-state index in [1.165, 1.54) is 0 Å². The summed E-state index contributed by atoms with van der Waals surface area (Å²) in [4.78, 5) is 29.3. The molecule has 0 aliphatic heterocycles. The molecule has 0 amide bonds. The zero-order valence-electron chi connectivity index (χ0n) is 12.8. The molecule has 4 nitrogen and oxygen atoms in total. The highest BCUT2D eigenvalue weighted by molar-refractivity contribution is 5.95. The van der Waals surface area contributed by atoms with Crippen molar-refractivity contribution in [3.05, 3.63) is 84.2 Å². The Hall–Kier alpha value is -3.40. The summed E-state index contributed by atoms with van der Waals surface area (Å²) in [6, 6.07) is 18.9. The Bertz CT molecular complexity index is 1000. The zero-order valence-corrected chi connectivity index (χ0v) is 12.8. The van der Waals surface area contributed by atoms with Crippen LogP contribution in [0.25, 0.3) is 21.8 Å². The van der Waals surface area contributed by atoms with Crippen molar-refractivity contribution in [1.29, 1.82) is 0 Å². The number of rotatable bonds is 2. The molecule has 0 N–H and O–H groups in total. The van der Waals surface area contributed by atoms with Crippen molar-refractivity contribution in [3.63, 3.8) is 0 Å². The van der Waals surface area contributed by atoms with Crippen LogP contribution in [0.1, 0.15) is 20.7 Å². The van der Waals surface area contributed by atoms with Gasteiger partial charge in [0.25, 0.3) is 0 Å². The molecule has 2 heterocycles. The fraction of sp³-hybridized carbons (Fsp3) is 0. The Kier molecular flexibility index (Phi) is 4.68. The first-order valence-electron chi connectivity index (χ1n) is 7.41.